The maximum atomic E-state index is 6.64. The van der Waals surface area contributed by atoms with Crippen LogP contribution >= 0.6 is 23.2 Å². The van der Waals surface area contributed by atoms with Crippen molar-refractivity contribution in [2.45, 2.75) is 19.3 Å². The van der Waals surface area contributed by atoms with Crippen LogP contribution in [-0.4, -0.2) is 9.97 Å². The van der Waals surface area contributed by atoms with E-state index in [0.717, 1.165) is 27.9 Å². The Kier molecular flexibility index (Phi) is 5.32. The molecule has 1 aromatic heterocycles. The summed E-state index contributed by atoms with van der Waals surface area (Å²) in [5, 5.41) is 0.523. The number of hydrogen-bond donors (Lipinski definition) is 0. The summed E-state index contributed by atoms with van der Waals surface area (Å²) in [5.41, 5.74) is 16.1. The van der Waals surface area contributed by atoms with Gasteiger partial charge in [0, 0.05) is 5.56 Å². The number of halogens is 2. The summed E-state index contributed by atoms with van der Waals surface area (Å²) in [6.07, 6.45) is 0. The molecule has 6 aromatic rings. The van der Waals surface area contributed by atoms with Gasteiger partial charge in [-0.2, -0.15) is 0 Å². The number of hydrogen-bond acceptors (Lipinski definition) is 2. The maximum absolute atomic E-state index is 6.64. The van der Waals surface area contributed by atoms with Crippen LogP contribution in [0.3, 0.4) is 0 Å². The van der Waals surface area contributed by atoms with Gasteiger partial charge in [0.2, 0.25) is 5.28 Å². The average Bonchev–Trinajstić information content (AvgIpc) is 3.45. The molecule has 0 atom stereocenters. The second-order valence-electron chi connectivity index (χ2n) is 10.9. The molecule has 0 saturated carbocycles. The zero-order valence-electron chi connectivity index (χ0n) is 22.5. The third-order valence-electron chi connectivity index (χ3n) is 8.86. The number of rotatable bonds is 2. The molecule has 41 heavy (non-hydrogen) atoms. The van der Waals surface area contributed by atoms with E-state index in [2.05, 4.69) is 126 Å². The zero-order valence-corrected chi connectivity index (χ0v) is 24.1. The number of nitrogens with zero attached hydrogens (tertiary/aromatic N) is 2. The van der Waals surface area contributed by atoms with Gasteiger partial charge < -0.3 is 0 Å². The fourth-order valence-corrected chi connectivity index (χ4v) is 7.83. The molecule has 0 bridgehead atoms. The topological polar surface area (TPSA) is 25.8 Å². The molecule has 4 heteroatoms. The van der Waals surface area contributed by atoms with E-state index in [1.165, 1.54) is 50.1 Å². The molecule has 0 radical (unpaired) electrons. The van der Waals surface area contributed by atoms with Crippen molar-refractivity contribution in [3.8, 4) is 44.5 Å². The highest BCUT2D eigenvalue weighted by molar-refractivity contribution is 6.34. The molecule has 0 N–H and O–H groups in total. The lowest BCUT2D eigenvalue weighted by Crippen LogP contribution is -2.25. The zero-order chi connectivity index (χ0) is 27.9. The van der Waals surface area contributed by atoms with Crippen LogP contribution in [0.25, 0.3) is 44.5 Å². The average molecular weight is 568 g/mol. The Morgan fingerprint density at radius 1 is 0.512 bits per heavy atom. The lowest BCUT2D eigenvalue weighted by Gasteiger charge is -2.30. The highest BCUT2D eigenvalue weighted by atomic mass is 35.5. The predicted octanol–water partition coefficient (Wildman–Crippen LogP) is 10.1. The molecule has 0 amide bonds. The van der Waals surface area contributed by atoms with Crippen LogP contribution < -0.4 is 0 Å². The third kappa shape index (κ3) is 3.26. The number of aryl methyl sites for hydroxylation is 2. The molecule has 2 aliphatic carbocycles. The molecule has 0 aliphatic heterocycles. The molecule has 0 unspecified atom stereocenters. The van der Waals surface area contributed by atoms with Gasteiger partial charge in [-0.3, -0.25) is 0 Å². The second kappa shape index (κ2) is 8.88. The summed E-state index contributed by atoms with van der Waals surface area (Å²) >= 11 is 12.8. The van der Waals surface area contributed by atoms with Crippen molar-refractivity contribution in [1.82, 2.24) is 9.97 Å². The first-order valence-electron chi connectivity index (χ1n) is 13.7. The summed E-state index contributed by atoms with van der Waals surface area (Å²) in [5.74, 6) is 0. The number of benzene rings is 5. The monoisotopic (exact) mass is 566 g/mol. The Labute approximate surface area is 249 Å². The first-order valence-corrected chi connectivity index (χ1v) is 14.5. The van der Waals surface area contributed by atoms with Gasteiger partial charge in [0.15, 0.2) is 0 Å². The Bertz CT molecular complexity index is 1990. The van der Waals surface area contributed by atoms with Gasteiger partial charge in [0.25, 0.3) is 0 Å². The Balaban J connectivity index is 1.44. The van der Waals surface area contributed by atoms with Gasteiger partial charge in [-0.05, 0) is 98.3 Å². The van der Waals surface area contributed by atoms with Crippen LogP contribution in [0.4, 0.5) is 0 Å². The molecular weight excluding hydrogens is 543 g/mol. The summed E-state index contributed by atoms with van der Waals surface area (Å²) < 4.78 is 0. The molecule has 1 spiro atoms. The summed E-state index contributed by atoms with van der Waals surface area (Å²) in [7, 11) is 0. The van der Waals surface area contributed by atoms with E-state index in [1.807, 2.05) is 6.92 Å². The van der Waals surface area contributed by atoms with Crippen LogP contribution in [0.1, 0.15) is 33.5 Å². The normalized spacial score (nSPS) is 13.6. The largest absolute Gasteiger partial charge is 0.224 e. The van der Waals surface area contributed by atoms with Crippen LogP contribution in [0.5, 0.6) is 0 Å². The highest BCUT2D eigenvalue weighted by Gasteiger charge is 2.51. The molecule has 1 heterocycles. The van der Waals surface area contributed by atoms with Gasteiger partial charge in [-0.1, -0.05) is 115 Å². The van der Waals surface area contributed by atoms with Gasteiger partial charge in [-0.25, -0.2) is 9.97 Å². The summed E-state index contributed by atoms with van der Waals surface area (Å²) in [6.45, 7) is 4.02. The third-order valence-corrected chi connectivity index (χ3v) is 9.30. The fourth-order valence-electron chi connectivity index (χ4n) is 7.25. The van der Waals surface area contributed by atoms with E-state index in [1.54, 1.807) is 0 Å². The quantitative estimate of drug-likeness (QED) is 0.153. The van der Waals surface area contributed by atoms with Crippen molar-refractivity contribution >= 4 is 23.2 Å². The molecule has 0 fully saturated rings. The van der Waals surface area contributed by atoms with E-state index < -0.39 is 0 Å². The second-order valence-corrected chi connectivity index (χ2v) is 11.6. The first kappa shape index (κ1) is 24.5. The smallest absolute Gasteiger partial charge is 0.223 e. The van der Waals surface area contributed by atoms with Crippen molar-refractivity contribution in [2.24, 2.45) is 0 Å². The van der Waals surface area contributed by atoms with Gasteiger partial charge >= 0.3 is 0 Å². The Morgan fingerprint density at radius 3 is 1.73 bits per heavy atom. The molecule has 8 rings (SSSR count). The van der Waals surface area contributed by atoms with Crippen molar-refractivity contribution < 1.29 is 0 Å². The SMILES string of the molecule is Cc1ccc(-c2cccc3c2-c2ccccc2C32c3ccccc3-c3ccccc32)cc1-c1c(C)nc(Cl)nc1Cl. The van der Waals surface area contributed by atoms with E-state index in [9.17, 15) is 0 Å². The minimum atomic E-state index is -0.368. The molecule has 196 valence electrons. The summed E-state index contributed by atoms with van der Waals surface area (Å²) in [6, 6.07) is 40.0. The molecular formula is C37H24Cl2N2. The Hall–Kier alpha value is -4.24. The van der Waals surface area contributed by atoms with Crippen LogP contribution in [0.15, 0.2) is 109 Å². The number of fused-ring (bicyclic) bond motifs is 10. The lowest BCUT2D eigenvalue weighted by atomic mass is 9.70. The maximum Gasteiger partial charge on any atom is 0.224 e. The van der Waals surface area contributed by atoms with Crippen LogP contribution in [0.2, 0.25) is 10.4 Å². The van der Waals surface area contributed by atoms with E-state index in [-0.39, 0.29) is 10.7 Å². The van der Waals surface area contributed by atoms with Gasteiger partial charge in [0.05, 0.1) is 11.1 Å². The van der Waals surface area contributed by atoms with Crippen molar-refractivity contribution in [3.05, 3.63) is 153 Å². The van der Waals surface area contributed by atoms with Gasteiger partial charge in [0.1, 0.15) is 5.15 Å². The van der Waals surface area contributed by atoms with E-state index in [4.69, 9.17) is 23.2 Å². The summed E-state index contributed by atoms with van der Waals surface area (Å²) in [4.78, 5) is 8.66. The predicted molar refractivity (Wildman–Crippen MR) is 169 cm³/mol. The Morgan fingerprint density at radius 2 is 1.07 bits per heavy atom. The van der Waals surface area contributed by atoms with Crippen molar-refractivity contribution in [1.29, 1.82) is 0 Å². The fraction of sp³-hybridized carbons (Fsp3) is 0.0811. The minimum Gasteiger partial charge on any atom is -0.223 e. The lowest BCUT2D eigenvalue weighted by molar-refractivity contribution is 0.794. The molecule has 0 saturated heterocycles. The van der Waals surface area contributed by atoms with Crippen molar-refractivity contribution in [2.75, 3.05) is 0 Å². The highest BCUT2D eigenvalue weighted by Crippen LogP contribution is 2.63. The van der Waals surface area contributed by atoms with Crippen molar-refractivity contribution in [3.63, 3.8) is 0 Å². The molecule has 2 nitrogen and oxygen atoms in total. The number of aromatic nitrogens is 2. The molecule has 2 aliphatic rings. The van der Waals surface area contributed by atoms with Gasteiger partial charge in [-0.15, -0.1) is 0 Å². The first-order chi connectivity index (χ1) is 20.0. The minimum absolute atomic E-state index is 0.157. The van der Waals surface area contributed by atoms with Crippen LogP contribution in [-0.2, 0) is 5.41 Å². The van der Waals surface area contributed by atoms with E-state index in [0.29, 0.717) is 5.15 Å². The standard InChI is InChI=1S/C37H24Cl2N2/c1-21-18-19-23(20-28(21)33-22(2)40-36(39)41-35(33)38)24-13-9-17-32-34(24)27-12-5-8-16-31(27)37(32)29-14-6-3-10-25(29)26-11-4-7-15-30(26)37/h3-20H,1-2H3. The van der Waals surface area contributed by atoms with E-state index >= 15 is 0 Å². The molecule has 5 aromatic carbocycles. The van der Waals surface area contributed by atoms with Crippen LogP contribution in [0, 0.1) is 13.8 Å².